The second-order valence-electron chi connectivity index (χ2n) is 5.40. The van der Waals surface area contributed by atoms with Crippen molar-refractivity contribution < 1.29 is 14.9 Å². The van der Waals surface area contributed by atoms with Gasteiger partial charge >= 0.3 is 0 Å². The highest BCUT2D eigenvalue weighted by atomic mass is 16.6. The molecule has 14 heavy (non-hydrogen) atoms. The maximum atomic E-state index is 9.84. The van der Waals surface area contributed by atoms with Crippen molar-refractivity contribution >= 4 is 0 Å². The van der Waals surface area contributed by atoms with Crippen LogP contribution >= 0.6 is 0 Å². The molecule has 0 aromatic carbocycles. The van der Waals surface area contributed by atoms with Gasteiger partial charge in [-0.15, -0.1) is 0 Å². The van der Waals surface area contributed by atoms with Crippen molar-refractivity contribution in [3.63, 3.8) is 0 Å². The number of aliphatic hydroxyl groups is 2. The van der Waals surface area contributed by atoms with Crippen molar-refractivity contribution in [1.29, 1.82) is 0 Å². The van der Waals surface area contributed by atoms with Crippen molar-refractivity contribution in [2.75, 3.05) is 6.61 Å². The van der Waals surface area contributed by atoms with Crippen LogP contribution in [0.15, 0.2) is 0 Å². The monoisotopic (exact) mass is 204 g/mol. The third kappa shape index (κ3) is 5.58. The van der Waals surface area contributed by atoms with Gasteiger partial charge in [0.05, 0.1) is 5.60 Å². The molecule has 0 heterocycles. The SMILES string of the molecule is CC(C)(C)OC(O)C(C)(C)CCCO. The Morgan fingerprint density at radius 3 is 2.00 bits per heavy atom. The molecule has 0 spiro atoms. The van der Waals surface area contributed by atoms with E-state index in [1.807, 2.05) is 34.6 Å². The molecule has 0 aliphatic heterocycles. The van der Waals surface area contributed by atoms with Crippen LogP contribution in [0.5, 0.6) is 0 Å². The lowest BCUT2D eigenvalue weighted by atomic mass is 9.87. The van der Waals surface area contributed by atoms with Gasteiger partial charge in [0.25, 0.3) is 0 Å². The van der Waals surface area contributed by atoms with E-state index in [0.29, 0.717) is 6.42 Å². The lowest BCUT2D eigenvalue weighted by Crippen LogP contribution is -2.38. The summed E-state index contributed by atoms with van der Waals surface area (Å²) in [5.41, 5.74) is -0.647. The minimum absolute atomic E-state index is 0.158. The normalized spacial score (nSPS) is 15.6. The zero-order valence-corrected chi connectivity index (χ0v) is 10.0. The molecule has 1 unspecified atom stereocenters. The standard InChI is InChI=1S/C11H24O3/c1-10(2,3)14-9(13)11(4,5)7-6-8-12/h9,12-13H,6-8H2,1-5H3. The van der Waals surface area contributed by atoms with Crippen LogP contribution in [0.25, 0.3) is 0 Å². The first-order valence-electron chi connectivity index (χ1n) is 5.16. The summed E-state index contributed by atoms with van der Waals surface area (Å²) in [7, 11) is 0. The minimum Gasteiger partial charge on any atom is -0.396 e. The quantitative estimate of drug-likeness (QED) is 0.673. The molecule has 86 valence electrons. The first-order valence-corrected chi connectivity index (χ1v) is 5.16. The van der Waals surface area contributed by atoms with Gasteiger partial charge in [0.1, 0.15) is 0 Å². The van der Waals surface area contributed by atoms with Gasteiger partial charge in [0, 0.05) is 12.0 Å². The predicted octanol–water partition coefficient (Wildman–Crippen LogP) is 1.92. The van der Waals surface area contributed by atoms with E-state index in [9.17, 15) is 5.11 Å². The summed E-state index contributed by atoms with van der Waals surface area (Å²) in [6.07, 6.45) is 0.659. The molecular weight excluding hydrogens is 180 g/mol. The maximum absolute atomic E-state index is 9.84. The smallest absolute Gasteiger partial charge is 0.160 e. The van der Waals surface area contributed by atoms with Crippen molar-refractivity contribution in [2.45, 2.75) is 59.4 Å². The fourth-order valence-corrected chi connectivity index (χ4v) is 1.15. The van der Waals surface area contributed by atoms with Crippen LogP contribution in [0.3, 0.4) is 0 Å². The average Bonchev–Trinajstić information content (AvgIpc) is 1.97. The summed E-state index contributed by atoms with van der Waals surface area (Å²) >= 11 is 0. The number of aliphatic hydroxyl groups excluding tert-OH is 2. The topological polar surface area (TPSA) is 49.7 Å². The number of hydrogen-bond donors (Lipinski definition) is 2. The van der Waals surface area contributed by atoms with Crippen molar-refractivity contribution in [2.24, 2.45) is 5.41 Å². The Morgan fingerprint density at radius 1 is 1.14 bits per heavy atom. The number of hydrogen-bond acceptors (Lipinski definition) is 3. The van der Waals surface area contributed by atoms with Gasteiger partial charge in [-0.3, -0.25) is 0 Å². The predicted molar refractivity (Wildman–Crippen MR) is 56.9 cm³/mol. The lowest BCUT2D eigenvalue weighted by Gasteiger charge is -2.35. The van der Waals surface area contributed by atoms with E-state index in [2.05, 4.69) is 0 Å². The van der Waals surface area contributed by atoms with Crippen LogP contribution in [0.4, 0.5) is 0 Å². The Kier molecular flexibility index (Phi) is 5.06. The molecule has 0 aliphatic rings. The van der Waals surface area contributed by atoms with E-state index in [1.165, 1.54) is 0 Å². The van der Waals surface area contributed by atoms with Gasteiger partial charge in [0.2, 0.25) is 0 Å². The van der Waals surface area contributed by atoms with Gasteiger partial charge in [-0.2, -0.15) is 0 Å². The molecule has 0 rings (SSSR count). The number of rotatable bonds is 5. The largest absolute Gasteiger partial charge is 0.396 e. The minimum atomic E-state index is -0.783. The molecule has 3 heteroatoms. The highest BCUT2D eigenvalue weighted by Crippen LogP contribution is 2.30. The highest BCUT2D eigenvalue weighted by Gasteiger charge is 2.31. The van der Waals surface area contributed by atoms with E-state index in [1.54, 1.807) is 0 Å². The Labute approximate surface area is 87.1 Å². The summed E-state index contributed by atoms with van der Waals surface area (Å²) in [6.45, 7) is 9.79. The molecule has 0 bridgehead atoms. The first-order chi connectivity index (χ1) is 6.19. The first kappa shape index (κ1) is 13.9. The van der Waals surface area contributed by atoms with Gasteiger partial charge < -0.3 is 14.9 Å². The van der Waals surface area contributed by atoms with Gasteiger partial charge in [-0.05, 0) is 33.6 Å². The molecule has 3 nitrogen and oxygen atoms in total. The van der Waals surface area contributed by atoms with Gasteiger partial charge in [0.15, 0.2) is 6.29 Å². The number of ether oxygens (including phenoxy) is 1. The van der Waals surface area contributed by atoms with E-state index in [-0.39, 0.29) is 17.6 Å². The van der Waals surface area contributed by atoms with Crippen molar-refractivity contribution in [3.8, 4) is 0 Å². The van der Waals surface area contributed by atoms with Crippen LogP contribution in [-0.2, 0) is 4.74 Å². The summed E-state index contributed by atoms with van der Waals surface area (Å²) < 4.78 is 5.47. The lowest BCUT2D eigenvalue weighted by molar-refractivity contribution is -0.217. The molecule has 2 N–H and O–H groups in total. The third-order valence-electron chi connectivity index (χ3n) is 2.11. The average molecular weight is 204 g/mol. The van der Waals surface area contributed by atoms with Gasteiger partial charge in [-0.25, -0.2) is 0 Å². The summed E-state index contributed by atoms with van der Waals surface area (Å²) in [6, 6.07) is 0. The Hall–Kier alpha value is -0.120. The highest BCUT2D eigenvalue weighted by molar-refractivity contribution is 4.74. The zero-order valence-electron chi connectivity index (χ0n) is 10.0. The second-order valence-corrected chi connectivity index (χ2v) is 5.40. The molecule has 0 radical (unpaired) electrons. The zero-order chi connectivity index (χ0) is 11.4. The van der Waals surface area contributed by atoms with Gasteiger partial charge in [-0.1, -0.05) is 13.8 Å². The Morgan fingerprint density at radius 2 is 1.64 bits per heavy atom. The van der Waals surface area contributed by atoms with Crippen molar-refractivity contribution in [3.05, 3.63) is 0 Å². The van der Waals surface area contributed by atoms with E-state index < -0.39 is 6.29 Å². The third-order valence-corrected chi connectivity index (χ3v) is 2.11. The molecule has 0 aromatic heterocycles. The summed E-state index contributed by atoms with van der Waals surface area (Å²) in [4.78, 5) is 0. The van der Waals surface area contributed by atoms with E-state index in [4.69, 9.17) is 9.84 Å². The molecule has 0 amide bonds. The molecular formula is C11H24O3. The van der Waals surface area contributed by atoms with Crippen molar-refractivity contribution in [1.82, 2.24) is 0 Å². The van der Waals surface area contributed by atoms with Crippen LogP contribution in [0.2, 0.25) is 0 Å². The molecule has 1 atom stereocenters. The molecule has 0 fully saturated rings. The van der Waals surface area contributed by atoms with E-state index in [0.717, 1.165) is 6.42 Å². The van der Waals surface area contributed by atoms with Crippen LogP contribution < -0.4 is 0 Å². The van der Waals surface area contributed by atoms with Crippen LogP contribution in [-0.4, -0.2) is 28.7 Å². The van der Waals surface area contributed by atoms with Crippen LogP contribution in [0, 0.1) is 5.41 Å². The summed E-state index contributed by atoms with van der Waals surface area (Å²) in [5, 5.41) is 18.6. The molecule has 0 saturated heterocycles. The fraction of sp³-hybridized carbons (Fsp3) is 1.00. The molecule has 0 aromatic rings. The van der Waals surface area contributed by atoms with E-state index >= 15 is 0 Å². The molecule has 0 aliphatic carbocycles. The maximum Gasteiger partial charge on any atom is 0.160 e. The Balaban J connectivity index is 4.13. The summed E-state index contributed by atoms with van der Waals surface area (Å²) in [5.74, 6) is 0. The Bertz CT molecular complexity index is 158. The van der Waals surface area contributed by atoms with Crippen LogP contribution in [0.1, 0.15) is 47.5 Å². The second kappa shape index (κ2) is 5.10. The fourth-order valence-electron chi connectivity index (χ4n) is 1.15. The molecule has 0 saturated carbocycles.